The summed E-state index contributed by atoms with van der Waals surface area (Å²) in [6, 6.07) is 0. The molecule has 0 aromatic carbocycles. The van der Waals surface area contributed by atoms with Crippen molar-refractivity contribution in [2.24, 2.45) is 0 Å². The SMILES string of the molecule is CCn1ncc(Cl)c1C1CCCCC(Cl)C1. The summed E-state index contributed by atoms with van der Waals surface area (Å²) in [6.45, 7) is 2.98. The maximum Gasteiger partial charge on any atom is 0.0820 e. The normalized spacial score (nSPS) is 26.7. The Kier molecular flexibility index (Phi) is 4.15. The zero-order chi connectivity index (χ0) is 11.5. The van der Waals surface area contributed by atoms with Crippen LogP contribution in [0.1, 0.15) is 50.6 Å². The third-order valence-corrected chi connectivity index (χ3v) is 4.07. The lowest BCUT2D eigenvalue weighted by Gasteiger charge is -2.18. The number of aromatic nitrogens is 2. The molecule has 2 rings (SSSR count). The van der Waals surface area contributed by atoms with Gasteiger partial charge >= 0.3 is 0 Å². The Morgan fingerprint density at radius 2 is 2.19 bits per heavy atom. The van der Waals surface area contributed by atoms with Crippen LogP contribution in [-0.2, 0) is 6.54 Å². The maximum absolute atomic E-state index is 6.31. The second-order valence-corrected chi connectivity index (χ2v) is 5.53. The highest BCUT2D eigenvalue weighted by atomic mass is 35.5. The van der Waals surface area contributed by atoms with E-state index in [4.69, 9.17) is 23.2 Å². The quantitative estimate of drug-likeness (QED) is 0.576. The minimum atomic E-state index is 0.295. The van der Waals surface area contributed by atoms with Crippen LogP contribution in [0.15, 0.2) is 6.20 Å². The third-order valence-electron chi connectivity index (χ3n) is 3.38. The van der Waals surface area contributed by atoms with Crippen molar-refractivity contribution in [1.82, 2.24) is 9.78 Å². The summed E-state index contributed by atoms with van der Waals surface area (Å²) in [6.07, 6.45) is 7.60. The van der Waals surface area contributed by atoms with Crippen molar-refractivity contribution in [1.29, 1.82) is 0 Å². The minimum absolute atomic E-state index is 0.295. The van der Waals surface area contributed by atoms with Crippen molar-refractivity contribution < 1.29 is 0 Å². The molecule has 0 bridgehead atoms. The molecule has 4 heteroatoms. The standard InChI is InChI=1S/C12H18Cl2N2/c1-2-16-12(11(14)8-15-16)9-5-3-4-6-10(13)7-9/h8-10H,2-7H2,1H3. The molecule has 2 unspecified atom stereocenters. The van der Waals surface area contributed by atoms with Gasteiger partial charge in [-0.1, -0.05) is 24.4 Å². The molecule has 2 atom stereocenters. The van der Waals surface area contributed by atoms with Gasteiger partial charge in [0, 0.05) is 17.8 Å². The third kappa shape index (κ3) is 2.54. The molecular formula is C12H18Cl2N2. The van der Waals surface area contributed by atoms with Crippen molar-refractivity contribution in [3.63, 3.8) is 0 Å². The number of alkyl halides is 1. The van der Waals surface area contributed by atoms with E-state index in [-0.39, 0.29) is 0 Å². The van der Waals surface area contributed by atoms with Crippen molar-refractivity contribution in [3.05, 3.63) is 16.9 Å². The van der Waals surface area contributed by atoms with Crippen LogP contribution < -0.4 is 0 Å². The molecule has 1 aliphatic carbocycles. The topological polar surface area (TPSA) is 17.8 Å². The molecule has 1 heterocycles. The summed E-state index contributed by atoms with van der Waals surface area (Å²) in [4.78, 5) is 0. The van der Waals surface area contributed by atoms with Crippen LogP contribution in [-0.4, -0.2) is 15.2 Å². The Morgan fingerprint density at radius 1 is 1.44 bits per heavy atom. The van der Waals surface area contributed by atoms with Crippen LogP contribution in [0.25, 0.3) is 0 Å². The minimum Gasteiger partial charge on any atom is -0.268 e. The Hall–Kier alpha value is -0.210. The van der Waals surface area contributed by atoms with E-state index >= 15 is 0 Å². The fraction of sp³-hybridized carbons (Fsp3) is 0.750. The second-order valence-electron chi connectivity index (χ2n) is 4.51. The van der Waals surface area contributed by atoms with Gasteiger partial charge in [0.05, 0.1) is 16.9 Å². The summed E-state index contributed by atoms with van der Waals surface area (Å²) in [7, 11) is 0. The fourth-order valence-electron chi connectivity index (χ4n) is 2.58. The molecule has 0 radical (unpaired) electrons. The van der Waals surface area contributed by atoms with Gasteiger partial charge < -0.3 is 0 Å². The lowest BCUT2D eigenvalue weighted by molar-refractivity contribution is 0.519. The molecule has 1 saturated carbocycles. The van der Waals surface area contributed by atoms with Crippen LogP contribution in [0.4, 0.5) is 0 Å². The Balaban J connectivity index is 2.23. The van der Waals surface area contributed by atoms with Gasteiger partial charge in [-0.15, -0.1) is 11.6 Å². The molecule has 16 heavy (non-hydrogen) atoms. The largest absolute Gasteiger partial charge is 0.268 e. The van der Waals surface area contributed by atoms with Gasteiger partial charge in [0.2, 0.25) is 0 Å². The van der Waals surface area contributed by atoms with E-state index < -0.39 is 0 Å². The molecule has 1 aliphatic rings. The Labute approximate surface area is 107 Å². The fourth-order valence-corrected chi connectivity index (χ4v) is 3.24. The van der Waals surface area contributed by atoms with Gasteiger partial charge in [0.1, 0.15) is 0 Å². The zero-order valence-electron chi connectivity index (χ0n) is 9.63. The van der Waals surface area contributed by atoms with E-state index in [1.54, 1.807) is 6.20 Å². The first-order valence-corrected chi connectivity index (χ1v) is 6.89. The molecule has 0 spiro atoms. The molecular weight excluding hydrogens is 243 g/mol. The number of hydrogen-bond donors (Lipinski definition) is 0. The van der Waals surface area contributed by atoms with Gasteiger partial charge in [-0.3, -0.25) is 4.68 Å². The van der Waals surface area contributed by atoms with E-state index in [9.17, 15) is 0 Å². The number of hydrogen-bond acceptors (Lipinski definition) is 1. The smallest absolute Gasteiger partial charge is 0.0820 e. The molecule has 90 valence electrons. The molecule has 1 fully saturated rings. The summed E-state index contributed by atoms with van der Waals surface area (Å²) in [5.41, 5.74) is 1.19. The average molecular weight is 261 g/mol. The zero-order valence-corrected chi connectivity index (χ0v) is 11.1. The van der Waals surface area contributed by atoms with Gasteiger partial charge in [0.25, 0.3) is 0 Å². The highest BCUT2D eigenvalue weighted by Gasteiger charge is 2.24. The number of halogens is 2. The van der Waals surface area contributed by atoms with Crippen LogP contribution >= 0.6 is 23.2 Å². The predicted molar refractivity (Wildman–Crippen MR) is 68.4 cm³/mol. The van der Waals surface area contributed by atoms with Crippen molar-refractivity contribution in [2.75, 3.05) is 0 Å². The van der Waals surface area contributed by atoms with Gasteiger partial charge in [-0.25, -0.2) is 0 Å². The summed E-state index contributed by atoms with van der Waals surface area (Å²) in [5.74, 6) is 0.486. The molecule has 2 nitrogen and oxygen atoms in total. The van der Waals surface area contributed by atoms with E-state index in [1.165, 1.54) is 25.0 Å². The van der Waals surface area contributed by atoms with Crippen molar-refractivity contribution in [2.45, 2.75) is 56.9 Å². The summed E-state index contributed by atoms with van der Waals surface area (Å²) < 4.78 is 2.02. The summed E-state index contributed by atoms with van der Waals surface area (Å²) in [5, 5.41) is 5.41. The summed E-state index contributed by atoms with van der Waals surface area (Å²) >= 11 is 12.5. The molecule has 0 amide bonds. The molecule has 0 aliphatic heterocycles. The molecule has 1 aromatic heterocycles. The monoisotopic (exact) mass is 260 g/mol. The van der Waals surface area contributed by atoms with E-state index in [1.807, 2.05) is 4.68 Å². The predicted octanol–water partition coefficient (Wildman–Crippen LogP) is 4.21. The second kappa shape index (κ2) is 5.42. The van der Waals surface area contributed by atoms with E-state index in [0.717, 1.165) is 24.4 Å². The first-order chi connectivity index (χ1) is 7.72. The van der Waals surface area contributed by atoms with Crippen LogP contribution in [0.5, 0.6) is 0 Å². The molecule has 1 aromatic rings. The lowest BCUT2D eigenvalue weighted by Crippen LogP contribution is -2.11. The van der Waals surface area contributed by atoms with E-state index in [2.05, 4.69) is 12.0 Å². The molecule has 0 saturated heterocycles. The lowest BCUT2D eigenvalue weighted by atomic mass is 9.96. The Morgan fingerprint density at radius 3 is 2.94 bits per heavy atom. The van der Waals surface area contributed by atoms with Crippen LogP contribution in [0.3, 0.4) is 0 Å². The molecule has 0 N–H and O–H groups in total. The number of nitrogens with zero attached hydrogens (tertiary/aromatic N) is 2. The number of rotatable bonds is 2. The highest BCUT2D eigenvalue weighted by molar-refractivity contribution is 6.31. The highest BCUT2D eigenvalue weighted by Crippen LogP contribution is 2.36. The van der Waals surface area contributed by atoms with Crippen molar-refractivity contribution in [3.8, 4) is 0 Å². The average Bonchev–Trinajstić information content (AvgIpc) is 2.50. The van der Waals surface area contributed by atoms with Crippen LogP contribution in [0.2, 0.25) is 5.02 Å². The van der Waals surface area contributed by atoms with Crippen LogP contribution in [0, 0.1) is 0 Å². The van der Waals surface area contributed by atoms with Crippen molar-refractivity contribution >= 4 is 23.2 Å². The Bertz CT molecular complexity index is 349. The van der Waals surface area contributed by atoms with E-state index in [0.29, 0.717) is 11.3 Å². The first-order valence-electron chi connectivity index (χ1n) is 6.07. The maximum atomic E-state index is 6.31. The van der Waals surface area contributed by atoms with Gasteiger partial charge in [-0.05, 0) is 26.2 Å². The first kappa shape index (κ1) is 12.3. The number of aryl methyl sites for hydroxylation is 1. The van der Waals surface area contributed by atoms with Gasteiger partial charge in [-0.2, -0.15) is 5.10 Å². The van der Waals surface area contributed by atoms with Gasteiger partial charge in [0.15, 0.2) is 0 Å².